The van der Waals surface area contributed by atoms with Crippen molar-refractivity contribution in [2.75, 3.05) is 25.2 Å². The number of nitrogens with zero attached hydrogens (tertiary/aromatic N) is 2. The normalized spacial score (nSPS) is 20.8. The molecular weight excluding hydrogens is 248 g/mol. The molecule has 0 unspecified atom stereocenters. The van der Waals surface area contributed by atoms with E-state index in [0.717, 1.165) is 54.6 Å². The van der Waals surface area contributed by atoms with Crippen LogP contribution in [-0.2, 0) is 11.2 Å². The summed E-state index contributed by atoms with van der Waals surface area (Å²) in [5.74, 6) is 0.278. The maximum Gasteiger partial charge on any atom is 0.186 e. The van der Waals surface area contributed by atoms with Gasteiger partial charge in [-0.05, 0) is 25.7 Å². The summed E-state index contributed by atoms with van der Waals surface area (Å²) in [7, 11) is 2.09. The van der Waals surface area contributed by atoms with E-state index in [2.05, 4.69) is 16.9 Å². The van der Waals surface area contributed by atoms with E-state index in [4.69, 9.17) is 4.74 Å². The molecule has 0 amide bonds. The number of rotatable bonds is 2. The molecule has 1 fully saturated rings. The molecule has 0 N–H and O–H groups in total. The second-order valence-corrected chi connectivity index (χ2v) is 5.98. The standard InChI is InChI=1S/C13H18N2O2S/c1-15(9-5-7-17-8-6-9)13-14-10-3-2-4-11(16)12(10)18-13/h9H,2-8H2,1H3. The first-order valence-corrected chi connectivity index (χ1v) is 7.41. The van der Waals surface area contributed by atoms with Gasteiger partial charge in [0.2, 0.25) is 0 Å². The SMILES string of the molecule is CN(c1nc2c(s1)C(=O)CCC2)C1CCOCC1. The van der Waals surface area contributed by atoms with Crippen LogP contribution in [0, 0.1) is 0 Å². The van der Waals surface area contributed by atoms with Crippen molar-refractivity contribution < 1.29 is 9.53 Å². The van der Waals surface area contributed by atoms with Crippen LogP contribution in [0.25, 0.3) is 0 Å². The molecule has 18 heavy (non-hydrogen) atoms. The summed E-state index contributed by atoms with van der Waals surface area (Å²) in [5.41, 5.74) is 1.02. The Bertz CT molecular complexity index is 452. The van der Waals surface area contributed by atoms with E-state index in [9.17, 15) is 4.79 Å². The molecule has 4 nitrogen and oxygen atoms in total. The van der Waals surface area contributed by atoms with Crippen molar-refractivity contribution in [3.63, 3.8) is 0 Å². The quantitative estimate of drug-likeness (QED) is 0.823. The van der Waals surface area contributed by atoms with E-state index >= 15 is 0 Å². The minimum atomic E-state index is 0.278. The Kier molecular flexibility index (Phi) is 3.35. The second-order valence-electron chi connectivity index (χ2n) is 5.00. The van der Waals surface area contributed by atoms with Gasteiger partial charge in [0.05, 0.1) is 10.6 Å². The molecule has 1 aromatic heterocycles. The van der Waals surface area contributed by atoms with Gasteiger partial charge in [0, 0.05) is 32.7 Å². The first-order valence-electron chi connectivity index (χ1n) is 6.59. The van der Waals surface area contributed by atoms with Crippen LogP contribution in [0.5, 0.6) is 0 Å². The molecule has 1 aliphatic heterocycles. The van der Waals surface area contributed by atoms with Crippen molar-refractivity contribution in [2.45, 2.75) is 38.1 Å². The van der Waals surface area contributed by atoms with Crippen LogP contribution in [0.4, 0.5) is 5.13 Å². The molecule has 3 rings (SSSR count). The number of ether oxygens (including phenoxy) is 1. The van der Waals surface area contributed by atoms with Gasteiger partial charge >= 0.3 is 0 Å². The third-order valence-electron chi connectivity index (χ3n) is 3.80. The first kappa shape index (κ1) is 12.1. The molecule has 0 aromatic carbocycles. The average Bonchev–Trinajstić information content (AvgIpc) is 2.84. The Morgan fingerprint density at radius 1 is 1.33 bits per heavy atom. The summed E-state index contributed by atoms with van der Waals surface area (Å²) in [5, 5.41) is 1.00. The van der Waals surface area contributed by atoms with Crippen LogP contribution in [0.1, 0.15) is 41.0 Å². The van der Waals surface area contributed by atoms with E-state index in [0.29, 0.717) is 12.5 Å². The predicted octanol–water partition coefficient (Wildman–Crippen LogP) is 2.28. The number of ketones is 1. The Hall–Kier alpha value is -0.940. The molecule has 0 radical (unpaired) electrons. The fraction of sp³-hybridized carbons (Fsp3) is 0.692. The van der Waals surface area contributed by atoms with Gasteiger partial charge in [-0.15, -0.1) is 0 Å². The van der Waals surface area contributed by atoms with Gasteiger partial charge in [-0.2, -0.15) is 0 Å². The average molecular weight is 266 g/mol. The Morgan fingerprint density at radius 2 is 2.11 bits per heavy atom. The third-order valence-corrected chi connectivity index (χ3v) is 5.03. The zero-order valence-corrected chi connectivity index (χ0v) is 11.5. The molecule has 0 saturated carbocycles. The van der Waals surface area contributed by atoms with E-state index in [-0.39, 0.29) is 5.78 Å². The highest BCUT2D eigenvalue weighted by atomic mass is 32.1. The molecule has 0 atom stereocenters. The van der Waals surface area contributed by atoms with Crippen LogP contribution < -0.4 is 4.90 Å². The van der Waals surface area contributed by atoms with Crippen molar-refractivity contribution >= 4 is 22.3 Å². The van der Waals surface area contributed by atoms with Gasteiger partial charge in [0.15, 0.2) is 10.9 Å². The Balaban J connectivity index is 1.81. The van der Waals surface area contributed by atoms with Gasteiger partial charge in [-0.1, -0.05) is 11.3 Å². The maximum absolute atomic E-state index is 11.8. The molecule has 5 heteroatoms. The van der Waals surface area contributed by atoms with Crippen molar-refractivity contribution in [3.05, 3.63) is 10.6 Å². The van der Waals surface area contributed by atoms with Crippen molar-refractivity contribution in [1.29, 1.82) is 0 Å². The van der Waals surface area contributed by atoms with Crippen molar-refractivity contribution in [3.8, 4) is 0 Å². The predicted molar refractivity (Wildman–Crippen MR) is 71.6 cm³/mol. The molecule has 1 saturated heterocycles. The van der Waals surface area contributed by atoms with Gasteiger partial charge in [0.1, 0.15) is 0 Å². The van der Waals surface area contributed by atoms with E-state index in [1.807, 2.05) is 0 Å². The zero-order chi connectivity index (χ0) is 12.5. The number of hydrogen-bond donors (Lipinski definition) is 0. The van der Waals surface area contributed by atoms with Crippen molar-refractivity contribution in [1.82, 2.24) is 4.98 Å². The van der Waals surface area contributed by atoms with Crippen molar-refractivity contribution in [2.24, 2.45) is 0 Å². The number of thiazole rings is 1. The molecule has 0 bridgehead atoms. The smallest absolute Gasteiger partial charge is 0.186 e. The lowest BCUT2D eigenvalue weighted by Gasteiger charge is -2.30. The Labute approximate surface area is 111 Å². The van der Waals surface area contributed by atoms with Crippen LogP contribution in [0.15, 0.2) is 0 Å². The van der Waals surface area contributed by atoms with E-state index in [1.54, 1.807) is 11.3 Å². The summed E-state index contributed by atoms with van der Waals surface area (Å²) in [4.78, 5) is 19.6. The minimum absolute atomic E-state index is 0.278. The minimum Gasteiger partial charge on any atom is -0.381 e. The number of aryl methyl sites for hydroxylation is 1. The molecule has 0 spiro atoms. The van der Waals surface area contributed by atoms with Crippen LogP contribution in [0.3, 0.4) is 0 Å². The number of hydrogen-bond acceptors (Lipinski definition) is 5. The van der Waals surface area contributed by atoms with Gasteiger partial charge in [-0.3, -0.25) is 4.79 Å². The highest BCUT2D eigenvalue weighted by Gasteiger charge is 2.26. The van der Waals surface area contributed by atoms with Crippen LogP contribution >= 0.6 is 11.3 Å². The van der Waals surface area contributed by atoms with E-state index < -0.39 is 0 Å². The lowest BCUT2D eigenvalue weighted by Crippen LogP contribution is -2.36. The molecular formula is C13H18N2O2S. The lowest BCUT2D eigenvalue weighted by molar-refractivity contribution is 0.0855. The largest absolute Gasteiger partial charge is 0.381 e. The summed E-state index contributed by atoms with van der Waals surface area (Å²) in [6, 6.07) is 0.501. The maximum atomic E-state index is 11.8. The lowest BCUT2D eigenvalue weighted by atomic mass is 10.0. The third kappa shape index (κ3) is 2.17. The fourth-order valence-electron chi connectivity index (χ4n) is 2.64. The topological polar surface area (TPSA) is 42.4 Å². The summed E-state index contributed by atoms with van der Waals surface area (Å²) < 4.78 is 5.39. The molecule has 1 aliphatic carbocycles. The monoisotopic (exact) mass is 266 g/mol. The second kappa shape index (κ2) is 4.97. The highest BCUT2D eigenvalue weighted by Crippen LogP contribution is 2.33. The molecule has 98 valence electrons. The van der Waals surface area contributed by atoms with Crippen LogP contribution in [0.2, 0.25) is 0 Å². The summed E-state index contributed by atoms with van der Waals surface area (Å²) in [6.07, 6.45) is 4.70. The summed E-state index contributed by atoms with van der Waals surface area (Å²) in [6.45, 7) is 1.66. The van der Waals surface area contributed by atoms with Gasteiger partial charge < -0.3 is 9.64 Å². The number of carbonyl (C=O) groups excluding carboxylic acids is 1. The highest BCUT2D eigenvalue weighted by molar-refractivity contribution is 7.17. The van der Waals surface area contributed by atoms with Gasteiger partial charge in [-0.25, -0.2) is 4.98 Å². The first-order chi connectivity index (χ1) is 8.75. The number of carbonyl (C=O) groups is 1. The van der Waals surface area contributed by atoms with Gasteiger partial charge in [0.25, 0.3) is 0 Å². The molecule has 1 aromatic rings. The number of fused-ring (bicyclic) bond motifs is 1. The van der Waals surface area contributed by atoms with Crippen LogP contribution in [-0.4, -0.2) is 37.1 Å². The Morgan fingerprint density at radius 3 is 2.83 bits per heavy atom. The molecule has 2 aliphatic rings. The zero-order valence-electron chi connectivity index (χ0n) is 10.6. The molecule has 2 heterocycles. The summed E-state index contributed by atoms with van der Waals surface area (Å²) >= 11 is 1.57. The fourth-order valence-corrected chi connectivity index (χ4v) is 3.75. The van der Waals surface area contributed by atoms with E-state index in [1.165, 1.54) is 0 Å². The number of aromatic nitrogens is 1. The number of anilines is 1. The number of Topliss-reactive ketones (excluding diaryl/α,β-unsaturated/α-hetero) is 1.